The summed E-state index contributed by atoms with van der Waals surface area (Å²) in [6, 6.07) is 4.00. The first kappa shape index (κ1) is 18.1. The second kappa shape index (κ2) is 7.68. The normalized spacial score (nSPS) is 26.3. The monoisotopic (exact) mass is 348 g/mol. The van der Waals surface area contributed by atoms with Gasteiger partial charge in [0, 0.05) is 39.0 Å². The van der Waals surface area contributed by atoms with Gasteiger partial charge in [-0.15, -0.1) is 0 Å². The van der Waals surface area contributed by atoms with Crippen molar-refractivity contribution in [2.24, 2.45) is 5.73 Å². The first-order valence-electron chi connectivity index (χ1n) is 8.96. The summed E-state index contributed by atoms with van der Waals surface area (Å²) in [6.07, 6.45) is 3.33. The van der Waals surface area contributed by atoms with E-state index in [9.17, 15) is 4.79 Å². The highest BCUT2D eigenvalue weighted by Crippen LogP contribution is 2.19. The number of carbonyl (C=O) groups is 1. The number of nitrogens with one attached hydrogen (secondary N) is 1. The lowest BCUT2D eigenvalue weighted by molar-refractivity contribution is -0.129. The molecule has 1 aromatic heterocycles. The van der Waals surface area contributed by atoms with Crippen LogP contribution in [0.5, 0.6) is 0 Å². The van der Waals surface area contributed by atoms with Crippen LogP contribution in [0.3, 0.4) is 0 Å². The second-order valence-electron chi connectivity index (χ2n) is 7.14. The van der Waals surface area contributed by atoms with Crippen LogP contribution in [-0.2, 0) is 20.8 Å². The molecule has 1 aromatic rings. The molecule has 7 nitrogen and oxygen atoms in total. The molecule has 2 aliphatic heterocycles. The molecular weight excluding hydrogens is 320 g/mol. The standard InChI is InChI=1S/C18H28N4O3/c1-13-11-22(12-14(2)25-13)16-4-3-15(9-20-16)10-21-17(23)18(19)5-7-24-8-6-18/h3-4,9,13-14H,5-8,10-12,19H2,1-2H3,(H,21,23). The van der Waals surface area contributed by atoms with Crippen LogP contribution in [0.4, 0.5) is 5.82 Å². The van der Waals surface area contributed by atoms with Gasteiger partial charge < -0.3 is 25.4 Å². The molecule has 25 heavy (non-hydrogen) atoms. The third-order valence-electron chi connectivity index (χ3n) is 4.84. The van der Waals surface area contributed by atoms with Gasteiger partial charge in [-0.25, -0.2) is 4.98 Å². The molecule has 2 fully saturated rings. The van der Waals surface area contributed by atoms with Crippen LogP contribution in [-0.4, -0.2) is 54.9 Å². The molecule has 7 heteroatoms. The van der Waals surface area contributed by atoms with Crippen LogP contribution in [0.2, 0.25) is 0 Å². The van der Waals surface area contributed by atoms with Gasteiger partial charge in [0.25, 0.3) is 0 Å². The van der Waals surface area contributed by atoms with Gasteiger partial charge in [-0.2, -0.15) is 0 Å². The molecule has 0 aliphatic carbocycles. The van der Waals surface area contributed by atoms with Crippen molar-refractivity contribution in [1.82, 2.24) is 10.3 Å². The molecule has 1 amide bonds. The lowest BCUT2D eigenvalue weighted by Gasteiger charge is -2.36. The van der Waals surface area contributed by atoms with E-state index in [0.717, 1.165) is 24.5 Å². The van der Waals surface area contributed by atoms with Crippen molar-refractivity contribution in [2.45, 2.75) is 51.0 Å². The van der Waals surface area contributed by atoms with Gasteiger partial charge in [0.15, 0.2) is 0 Å². The summed E-state index contributed by atoms with van der Waals surface area (Å²) in [4.78, 5) is 19.1. The molecule has 3 heterocycles. The Morgan fingerprint density at radius 2 is 2.00 bits per heavy atom. The fourth-order valence-corrected chi connectivity index (χ4v) is 3.39. The molecule has 2 unspecified atom stereocenters. The van der Waals surface area contributed by atoms with Crippen LogP contribution < -0.4 is 16.0 Å². The Morgan fingerprint density at radius 3 is 2.60 bits per heavy atom. The predicted molar refractivity (Wildman–Crippen MR) is 95.3 cm³/mol. The largest absolute Gasteiger partial charge is 0.381 e. The van der Waals surface area contributed by atoms with E-state index in [1.54, 1.807) is 0 Å². The van der Waals surface area contributed by atoms with Gasteiger partial charge in [-0.3, -0.25) is 4.79 Å². The maximum Gasteiger partial charge on any atom is 0.240 e. The molecule has 3 rings (SSSR count). The molecule has 2 aliphatic rings. The Bertz CT molecular complexity index is 576. The number of ether oxygens (including phenoxy) is 2. The number of morpholine rings is 1. The van der Waals surface area contributed by atoms with Crippen molar-refractivity contribution in [3.63, 3.8) is 0 Å². The summed E-state index contributed by atoms with van der Waals surface area (Å²) in [5, 5.41) is 2.93. The van der Waals surface area contributed by atoms with Gasteiger partial charge in [0.05, 0.1) is 17.7 Å². The van der Waals surface area contributed by atoms with Crippen molar-refractivity contribution in [2.75, 3.05) is 31.2 Å². The average Bonchev–Trinajstić information content (AvgIpc) is 2.60. The summed E-state index contributed by atoms with van der Waals surface area (Å²) in [7, 11) is 0. The maximum atomic E-state index is 12.3. The summed E-state index contributed by atoms with van der Waals surface area (Å²) >= 11 is 0. The number of rotatable bonds is 4. The molecule has 2 saturated heterocycles. The van der Waals surface area contributed by atoms with Crippen LogP contribution in [0.1, 0.15) is 32.3 Å². The number of nitrogens with two attached hydrogens (primary N) is 1. The summed E-state index contributed by atoms with van der Waals surface area (Å²) in [6.45, 7) is 7.34. The minimum Gasteiger partial charge on any atom is -0.381 e. The number of carbonyl (C=O) groups excluding carboxylic acids is 1. The van der Waals surface area contributed by atoms with E-state index in [2.05, 4.69) is 29.0 Å². The molecule has 138 valence electrons. The van der Waals surface area contributed by atoms with Crippen LogP contribution in [0.15, 0.2) is 18.3 Å². The molecule has 3 N–H and O–H groups in total. The fraction of sp³-hybridized carbons (Fsp3) is 0.667. The Hall–Kier alpha value is -1.70. The molecule has 0 spiro atoms. The summed E-state index contributed by atoms with van der Waals surface area (Å²) in [5.74, 6) is 0.826. The zero-order chi connectivity index (χ0) is 17.9. The van der Waals surface area contributed by atoms with E-state index in [1.165, 1.54) is 0 Å². The summed E-state index contributed by atoms with van der Waals surface area (Å²) < 4.78 is 11.0. The molecule has 0 aromatic carbocycles. The van der Waals surface area contributed by atoms with E-state index in [1.807, 2.05) is 18.3 Å². The number of anilines is 1. The topological polar surface area (TPSA) is 89.7 Å². The van der Waals surface area contributed by atoms with Gasteiger partial charge in [0.2, 0.25) is 5.91 Å². The number of amides is 1. The van der Waals surface area contributed by atoms with E-state index < -0.39 is 5.54 Å². The predicted octanol–water partition coefficient (Wildman–Crippen LogP) is 0.819. The zero-order valence-electron chi connectivity index (χ0n) is 15.0. The number of hydrogen-bond donors (Lipinski definition) is 2. The summed E-state index contributed by atoms with van der Waals surface area (Å²) in [5.41, 5.74) is 6.33. The molecule has 0 bridgehead atoms. The Labute approximate surface area is 148 Å². The lowest BCUT2D eigenvalue weighted by Crippen LogP contribution is -2.56. The van der Waals surface area contributed by atoms with Gasteiger partial charge in [0.1, 0.15) is 5.82 Å². The number of pyridine rings is 1. The first-order valence-corrected chi connectivity index (χ1v) is 8.96. The minimum atomic E-state index is -0.814. The molecule has 2 atom stereocenters. The highest BCUT2D eigenvalue weighted by molar-refractivity contribution is 5.86. The minimum absolute atomic E-state index is 0.115. The fourth-order valence-electron chi connectivity index (χ4n) is 3.39. The maximum absolute atomic E-state index is 12.3. The average molecular weight is 348 g/mol. The highest BCUT2D eigenvalue weighted by Gasteiger charge is 2.35. The quantitative estimate of drug-likeness (QED) is 0.837. The zero-order valence-corrected chi connectivity index (χ0v) is 15.0. The highest BCUT2D eigenvalue weighted by atomic mass is 16.5. The van der Waals surface area contributed by atoms with Crippen molar-refractivity contribution in [3.8, 4) is 0 Å². The van der Waals surface area contributed by atoms with Crippen LogP contribution in [0.25, 0.3) is 0 Å². The van der Waals surface area contributed by atoms with Crippen molar-refractivity contribution in [3.05, 3.63) is 23.9 Å². The van der Waals surface area contributed by atoms with Crippen molar-refractivity contribution >= 4 is 11.7 Å². The van der Waals surface area contributed by atoms with Crippen LogP contribution >= 0.6 is 0 Å². The Kier molecular flexibility index (Phi) is 5.56. The Balaban J connectivity index is 1.55. The van der Waals surface area contributed by atoms with Gasteiger partial charge >= 0.3 is 0 Å². The first-order chi connectivity index (χ1) is 12.0. The molecule has 0 saturated carbocycles. The number of aromatic nitrogens is 1. The van der Waals surface area contributed by atoms with E-state index in [0.29, 0.717) is 32.6 Å². The van der Waals surface area contributed by atoms with Crippen LogP contribution in [0, 0.1) is 0 Å². The lowest BCUT2D eigenvalue weighted by atomic mass is 9.90. The van der Waals surface area contributed by atoms with Crippen molar-refractivity contribution in [1.29, 1.82) is 0 Å². The number of hydrogen-bond acceptors (Lipinski definition) is 6. The SMILES string of the molecule is CC1CN(c2ccc(CNC(=O)C3(N)CCOCC3)cn2)CC(C)O1. The molecular formula is C18H28N4O3. The van der Waals surface area contributed by atoms with E-state index in [4.69, 9.17) is 15.2 Å². The van der Waals surface area contributed by atoms with Gasteiger partial charge in [-0.1, -0.05) is 6.07 Å². The third kappa shape index (κ3) is 4.48. The number of nitrogens with zero attached hydrogens (tertiary/aromatic N) is 2. The molecule has 0 radical (unpaired) electrons. The van der Waals surface area contributed by atoms with E-state index >= 15 is 0 Å². The van der Waals surface area contributed by atoms with Crippen molar-refractivity contribution < 1.29 is 14.3 Å². The smallest absolute Gasteiger partial charge is 0.240 e. The second-order valence-corrected chi connectivity index (χ2v) is 7.14. The third-order valence-corrected chi connectivity index (χ3v) is 4.84. The van der Waals surface area contributed by atoms with E-state index in [-0.39, 0.29) is 18.1 Å². The Morgan fingerprint density at radius 1 is 1.32 bits per heavy atom. The van der Waals surface area contributed by atoms with Gasteiger partial charge in [-0.05, 0) is 38.3 Å².